The number of benzene rings is 1. The number of ether oxygens (including phenoxy) is 1. The van der Waals surface area contributed by atoms with Gasteiger partial charge >= 0.3 is 0 Å². The molecule has 0 fully saturated rings. The maximum Gasteiger partial charge on any atom is 0.127 e. The Bertz CT molecular complexity index is 518. The van der Waals surface area contributed by atoms with Crippen LogP contribution in [-0.4, -0.2) is 17.5 Å². The van der Waals surface area contributed by atoms with E-state index < -0.39 is 0 Å². The summed E-state index contributed by atoms with van der Waals surface area (Å²) in [6.45, 7) is 2.20. The maximum atomic E-state index is 8.74. The Balaban J connectivity index is 2.42. The summed E-state index contributed by atoms with van der Waals surface area (Å²) in [6.07, 6.45) is 3.85. The van der Waals surface area contributed by atoms with Crippen LogP contribution in [0.25, 0.3) is 6.08 Å². The molecule has 0 spiro atoms. The summed E-state index contributed by atoms with van der Waals surface area (Å²) < 4.78 is 5.60. The van der Waals surface area contributed by atoms with Crippen LogP contribution in [0.4, 0.5) is 0 Å². The lowest BCUT2D eigenvalue weighted by atomic mass is 10.1. The zero-order valence-electron chi connectivity index (χ0n) is 9.35. The Kier molecular flexibility index (Phi) is 3.49. The lowest BCUT2D eigenvalue weighted by Gasteiger charge is -2.08. The largest absolute Gasteiger partial charge is 0.488 e. The van der Waals surface area contributed by atoms with Crippen LogP contribution in [0.15, 0.2) is 40.5 Å². The van der Waals surface area contributed by atoms with Crippen LogP contribution in [0.3, 0.4) is 0 Å². The van der Waals surface area contributed by atoms with Gasteiger partial charge in [0.15, 0.2) is 0 Å². The van der Waals surface area contributed by atoms with E-state index in [1.165, 1.54) is 5.54 Å². The number of fused-ring (bicyclic) bond motifs is 1. The van der Waals surface area contributed by atoms with Crippen molar-refractivity contribution in [3.63, 3.8) is 0 Å². The quantitative estimate of drug-likeness (QED) is 0.471. The smallest absolute Gasteiger partial charge is 0.127 e. The van der Waals surface area contributed by atoms with Gasteiger partial charge in [-0.15, -0.1) is 0 Å². The summed E-state index contributed by atoms with van der Waals surface area (Å²) in [7, 11) is 0. The van der Waals surface area contributed by atoms with Crippen molar-refractivity contribution < 1.29 is 9.94 Å². The number of nitrogens with zero attached hydrogens (tertiary/aromatic N) is 1. The third-order valence-electron chi connectivity index (χ3n) is 2.59. The van der Waals surface area contributed by atoms with Gasteiger partial charge in [-0.25, -0.2) is 0 Å². The van der Waals surface area contributed by atoms with Gasteiger partial charge in [-0.2, -0.15) is 0 Å². The van der Waals surface area contributed by atoms with E-state index in [9.17, 15) is 0 Å². The first-order chi connectivity index (χ1) is 8.24. The van der Waals surface area contributed by atoms with E-state index in [4.69, 9.17) is 21.5 Å². The van der Waals surface area contributed by atoms with Gasteiger partial charge in [0.05, 0.1) is 5.71 Å². The highest BCUT2D eigenvalue weighted by atomic mass is 35.5. The molecule has 0 atom stereocenters. The molecule has 0 amide bonds. The Morgan fingerprint density at radius 2 is 2.29 bits per heavy atom. The Morgan fingerprint density at radius 1 is 1.47 bits per heavy atom. The monoisotopic (exact) mass is 249 g/mol. The zero-order chi connectivity index (χ0) is 12.3. The van der Waals surface area contributed by atoms with Crippen molar-refractivity contribution in [3.05, 3.63) is 46.5 Å². The molecule has 0 saturated carbocycles. The maximum absolute atomic E-state index is 8.74. The predicted octanol–water partition coefficient (Wildman–Crippen LogP) is 3.41. The number of halogens is 1. The van der Waals surface area contributed by atoms with Crippen molar-refractivity contribution in [1.29, 1.82) is 0 Å². The Labute approximate surface area is 105 Å². The van der Waals surface area contributed by atoms with Gasteiger partial charge in [0, 0.05) is 16.7 Å². The van der Waals surface area contributed by atoms with Gasteiger partial charge in [0.25, 0.3) is 0 Å². The van der Waals surface area contributed by atoms with E-state index in [2.05, 4.69) is 5.16 Å². The van der Waals surface area contributed by atoms with Crippen molar-refractivity contribution >= 4 is 23.4 Å². The lowest BCUT2D eigenvalue weighted by molar-refractivity contribution is 0.319. The fourth-order valence-electron chi connectivity index (χ4n) is 1.57. The molecular weight excluding hydrogens is 238 g/mol. The van der Waals surface area contributed by atoms with Gasteiger partial charge in [-0.1, -0.05) is 28.9 Å². The molecule has 3 nitrogen and oxygen atoms in total. The van der Waals surface area contributed by atoms with Gasteiger partial charge in [0.2, 0.25) is 0 Å². The minimum atomic E-state index is 0.458. The lowest BCUT2D eigenvalue weighted by Crippen LogP contribution is -1.99. The first-order valence-electron chi connectivity index (χ1n) is 5.18. The molecule has 2 rings (SSSR count). The third-order valence-corrected chi connectivity index (χ3v) is 2.87. The molecule has 1 heterocycles. The molecule has 0 bridgehead atoms. The average Bonchev–Trinajstić information content (AvgIpc) is 2.59. The second-order valence-corrected chi connectivity index (χ2v) is 3.96. The molecule has 4 heteroatoms. The number of hydrogen-bond acceptors (Lipinski definition) is 3. The first-order valence-corrected chi connectivity index (χ1v) is 5.61. The molecule has 0 aliphatic carbocycles. The van der Waals surface area contributed by atoms with Crippen LogP contribution in [0.2, 0.25) is 0 Å². The Morgan fingerprint density at radius 3 is 3.00 bits per heavy atom. The van der Waals surface area contributed by atoms with Crippen LogP contribution < -0.4 is 4.74 Å². The molecule has 1 aliphatic rings. The van der Waals surface area contributed by atoms with Gasteiger partial charge < -0.3 is 9.94 Å². The number of rotatable bonds is 1. The van der Waals surface area contributed by atoms with Gasteiger partial charge in [-0.05, 0) is 30.7 Å². The molecule has 1 N–H and O–H groups in total. The summed E-state index contributed by atoms with van der Waals surface area (Å²) in [5, 5.41) is 11.9. The summed E-state index contributed by atoms with van der Waals surface area (Å²) in [5.41, 5.74) is 4.79. The molecular formula is C13H12ClNO2. The fourth-order valence-corrected chi connectivity index (χ4v) is 1.70. The van der Waals surface area contributed by atoms with Crippen LogP contribution >= 0.6 is 11.6 Å². The highest BCUT2D eigenvalue weighted by molar-refractivity contribution is 6.25. The molecule has 1 aliphatic heterocycles. The molecule has 0 saturated heterocycles. The molecule has 88 valence electrons. The normalized spacial score (nSPS) is 17.5. The van der Waals surface area contributed by atoms with Gasteiger partial charge in [-0.3, -0.25) is 0 Å². The molecule has 17 heavy (non-hydrogen) atoms. The summed E-state index contributed by atoms with van der Waals surface area (Å²) in [6, 6.07) is 5.63. The summed E-state index contributed by atoms with van der Waals surface area (Å²) in [4.78, 5) is 0. The van der Waals surface area contributed by atoms with Crippen LogP contribution in [-0.2, 0) is 0 Å². The van der Waals surface area contributed by atoms with E-state index in [1.807, 2.05) is 30.4 Å². The van der Waals surface area contributed by atoms with Crippen molar-refractivity contribution in [2.45, 2.75) is 6.92 Å². The Hall–Kier alpha value is -1.74. The van der Waals surface area contributed by atoms with Crippen molar-refractivity contribution in [2.75, 3.05) is 6.61 Å². The molecule has 0 radical (unpaired) electrons. The minimum absolute atomic E-state index is 0.458. The minimum Gasteiger partial charge on any atom is -0.488 e. The van der Waals surface area contributed by atoms with Crippen LogP contribution in [0.1, 0.15) is 18.1 Å². The van der Waals surface area contributed by atoms with E-state index in [0.29, 0.717) is 12.3 Å². The standard InChI is InChI=1S/C13H12ClNO2/c1-9(15-16)11-4-5-13-12(6-11)3-2-10(7-14)8-17-13/h2-7,16H,8H2,1H3. The average molecular weight is 250 g/mol. The predicted molar refractivity (Wildman–Crippen MR) is 68.9 cm³/mol. The van der Waals surface area contributed by atoms with Crippen LogP contribution in [0.5, 0.6) is 5.75 Å². The zero-order valence-corrected chi connectivity index (χ0v) is 10.1. The van der Waals surface area contributed by atoms with Crippen molar-refractivity contribution in [3.8, 4) is 5.75 Å². The third kappa shape index (κ3) is 2.50. The fraction of sp³-hybridized carbons (Fsp3) is 0.154. The molecule has 1 aromatic rings. The second-order valence-electron chi connectivity index (χ2n) is 3.74. The number of oxime groups is 1. The molecule has 0 unspecified atom stereocenters. The number of hydrogen-bond donors (Lipinski definition) is 1. The highest BCUT2D eigenvalue weighted by Crippen LogP contribution is 2.26. The van der Waals surface area contributed by atoms with E-state index in [0.717, 1.165) is 22.4 Å². The van der Waals surface area contributed by atoms with Crippen molar-refractivity contribution in [1.82, 2.24) is 0 Å². The first kappa shape index (κ1) is 11.7. The summed E-state index contributed by atoms with van der Waals surface area (Å²) >= 11 is 5.65. The van der Waals surface area contributed by atoms with Gasteiger partial charge in [0.1, 0.15) is 12.4 Å². The summed E-state index contributed by atoms with van der Waals surface area (Å²) in [5.74, 6) is 0.796. The van der Waals surface area contributed by atoms with E-state index in [1.54, 1.807) is 6.92 Å². The van der Waals surface area contributed by atoms with Crippen molar-refractivity contribution in [2.24, 2.45) is 5.16 Å². The SMILES string of the molecule is CC(=NO)c1ccc2c(c1)C=CC(=CCl)CO2. The highest BCUT2D eigenvalue weighted by Gasteiger charge is 2.09. The van der Waals surface area contributed by atoms with E-state index >= 15 is 0 Å². The molecule has 1 aromatic carbocycles. The topological polar surface area (TPSA) is 41.8 Å². The second kappa shape index (κ2) is 5.06. The molecule has 0 aromatic heterocycles. The van der Waals surface area contributed by atoms with Crippen LogP contribution in [0, 0.1) is 0 Å². The van der Waals surface area contributed by atoms with E-state index in [-0.39, 0.29) is 0 Å².